The summed E-state index contributed by atoms with van der Waals surface area (Å²) in [5.74, 6) is -3.35. The molecule has 1 aromatic rings. The first-order chi connectivity index (χ1) is 24.8. The predicted molar refractivity (Wildman–Crippen MR) is 196 cm³/mol. The third kappa shape index (κ3) is 11.1. The van der Waals surface area contributed by atoms with E-state index < -0.39 is 77.8 Å². The number of ketones is 1. The number of carbonyl (C=O) groups is 3. The highest BCUT2D eigenvalue weighted by atomic mass is 16.7. The molecule has 1 amide bonds. The Morgan fingerprint density at radius 3 is 2.28 bits per heavy atom. The lowest BCUT2D eigenvalue weighted by atomic mass is 9.76. The SMILES string of the molecule is CC[C@H]1OC(=O)[C@H](C)[C@@H](OC(=O)NCCc2ccc(O)cc2)[C@H](C)[C@@H](O[C@@H]2O[C@H](C)C[C@H](N(C)C)[C@H]2O)[C@](C)(OC)C[C@@H](C)C(=O)C[C@@H](OC)[C@]1(C)O. The highest BCUT2D eigenvalue weighted by Gasteiger charge is 2.52. The molecule has 14 heteroatoms. The predicted octanol–water partition coefficient (Wildman–Crippen LogP) is 3.60. The number of carbonyl (C=O) groups excluding carboxylic acids is 3. The van der Waals surface area contributed by atoms with Crippen molar-refractivity contribution in [2.45, 2.75) is 141 Å². The van der Waals surface area contributed by atoms with E-state index in [0.717, 1.165) is 5.56 Å². The third-order valence-corrected chi connectivity index (χ3v) is 11.2. The molecule has 0 spiro atoms. The van der Waals surface area contributed by atoms with Crippen LogP contribution in [0.4, 0.5) is 4.79 Å². The van der Waals surface area contributed by atoms with E-state index in [0.29, 0.717) is 12.8 Å². The summed E-state index contributed by atoms with van der Waals surface area (Å²) in [5, 5.41) is 35.6. The lowest BCUT2D eigenvalue weighted by Gasteiger charge is -2.48. The number of methoxy groups -OCH3 is 2. The zero-order chi connectivity index (χ0) is 39.8. The summed E-state index contributed by atoms with van der Waals surface area (Å²) >= 11 is 0. The summed E-state index contributed by atoms with van der Waals surface area (Å²) in [6.45, 7) is 12.2. The number of likely N-dealkylation sites (N-methyl/N-ethyl adjacent to an activating group) is 1. The number of benzene rings is 1. The first-order valence-corrected chi connectivity index (χ1v) is 18.7. The van der Waals surface area contributed by atoms with Crippen molar-refractivity contribution >= 4 is 17.8 Å². The zero-order valence-corrected chi connectivity index (χ0v) is 33.4. The number of phenols is 1. The van der Waals surface area contributed by atoms with Crippen molar-refractivity contribution in [3.63, 3.8) is 0 Å². The van der Waals surface area contributed by atoms with Gasteiger partial charge in [-0.1, -0.05) is 32.9 Å². The van der Waals surface area contributed by atoms with Crippen LogP contribution in [0.1, 0.15) is 79.7 Å². The number of ether oxygens (including phenoxy) is 6. The largest absolute Gasteiger partial charge is 0.508 e. The molecule has 0 aliphatic carbocycles. The van der Waals surface area contributed by atoms with Gasteiger partial charge in [-0.2, -0.15) is 0 Å². The van der Waals surface area contributed by atoms with E-state index in [9.17, 15) is 29.7 Å². The monoisotopic (exact) mass is 752 g/mol. The fourth-order valence-electron chi connectivity index (χ4n) is 7.75. The van der Waals surface area contributed by atoms with Gasteiger partial charge in [0.15, 0.2) is 6.29 Å². The van der Waals surface area contributed by atoms with Crippen molar-refractivity contribution in [2.24, 2.45) is 17.8 Å². The van der Waals surface area contributed by atoms with Gasteiger partial charge in [-0.05, 0) is 85.2 Å². The second-order valence-electron chi connectivity index (χ2n) is 15.6. The molecular formula is C39H64N2O12. The highest BCUT2D eigenvalue weighted by molar-refractivity contribution is 5.81. The lowest BCUT2D eigenvalue weighted by Crippen LogP contribution is -2.60. The van der Waals surface area contributed by atoms with Gasteiger partial charge in [0.2, 0.25) is 0 Å². The van der Waals surface area contributed by atoms with Crippen LogP contribution < -0.4 is 5.32 Å². The topological polar surface area (TPSA) is 183 Å². The first-order valence-electron chi connectivity index (χ1n) is 18.7. The Labute approximate surface area is 314 Å². The van der Waals surface area contributed by atoms with Gasteiger partial charge in [-0.25, -0.2) is 4.79 Å². The van der Waals surface area contributed by atoms with E-state index in [1.807, 2.05) is 25.9 Å². The number of amides is 1. The molecule has 2 aliphatic rings. The second kappa shape index (κ2) is 19.1. The standard InChI is InChI=1S/C39H64N2O12/c1-12-30-39(7,47)31(48-10)20-29(43)22(2)21-38(6,49-11)34(53-36-32(44)28(41(8)9)19-23(3)50-36)24(4)33(25(5)35(45)51-30)52-37(46)40-18-17-26-13-15-27(42)16-14-26/h13-16,22-25,28,30-34,36,42,44,47H,12,17-21H2,1-11H3,(H,40,46)/t22-,23-,24+,25-,28+,30-,31-,32-,33+,34-,36+,38-,39-/m1/s1. The van der Waals surface area contributed by atoms with E-state index in [4.69, 9.17) is 28.4 Å². The minimum absolute atomic E-state index is 0.130. The van der Waals surface area contributed by atoms with E-state index >= 15 is 0 Å². The number of hydrogen-bond acceptors (Lipinski definition) is 13. The highest BCUT2D eigenvalue weighted by Crippen LogP contribution is 2.39. The molecule has 0 bridgehead atoms. The number of nitrogens with zero attached hydrogens (tertiary/aromatic N) is 1. The molecular weight excluding hydrogens is 688 g/mol. The van der Waals surface area contributed by atoms with Gasteiger partial charge >= 0.3 is 12.1 Å². The fraction of sp³-hybridized carbons (Fsp3) is 0.769. The van der Waals surface area contributed by atoms with Crippen LogP contribution in [0.2, 0.25) is 0 Å². The number of Topliss-reactive ketones (excluding diaryl/α,β-unsaturated/α-hetero) is 1. The van der Waals surface area contributed by atoms with Crippen molar-refractivity contribution < 1.29 is 58.1 Å². The Morgan fingerprint density at radius 2 is 1.72 bits per heavy atom. The number of aliphatic hydroxyl groups is 2. The van der Waals surface area contributed by atoms with Crippen LogP contribution >= 0.6 is 0 Å². The maximum Gasteiger partial charge on any atom is 0.407 e. The number of phenolic OH excluding ortho intramolecular Hbond substituents is 1. The third-order valence-electron chi connectivity index (χ3n) is 11.2. The Hall–Kier alpha value is -2.85. The van der Waals surface area contributed by atoms with Crippen LogP contribution in [0.25, 0.3) is 0 Å². The minimum atomic E-state index is -1.74. The number of rotatable bonds is 10. The maximum absolute atomic E-state index is 14.0. The van der Waals surface area contributed by atoms with Gasteiger partial charge in [0.05, 0.1) is 29.8 Å². The molecule has 1 aromatic carbocycles. The molecule has 14 nitrogen and oxygen atoms in total. The Morgan fingerprint density at radius 1 is 1.08 bits per heavy atom. The van der Waals surface area contributed by atoms with Crippen LogP contribution in [-0.4, -0.2) is 133 Å². The fourth-order valence-corrected chi connectivity index (χ4v) is 7.75. The van der Waals surface area contributed by atoms with Gasteiger partial charge in [0, 0.05) is 45.1 Å². The smallest absolute Gasteiger partial charge is 0.407 e. The summed E-state index contributed by atoms with van der Waals surface area (Å²) in [6, 6.07) is 6.32. The van der Waals surface area contributed by atoms with Crippen LogP contribution in [0.3, 0.4) is 0 Å². The second-order valence-corrected chi connectivity index (χ2v) is 15.6. The van der Waals surface area contributed by atoms with Gasteiger partial charge in [0.1, 0.15) is 35.4 Å². The average Bonchev–Trinajstić information content (AvgIpc) is 3.11. The molecule has 2 aliphatic heterocycles. The molecule has 0 saturated carbocycles. The Balaban J connectivity index is 2.10. The molecule has 53 heavy (non-hydrogen) atoms. The quantitative estimate of drug-likeness (QED) is 0.255. The summed E-state index contributed by atoms with van der Waals surface area (Å²) in [4.78, 5) is 43.3. The van der Waals surface area contributed by atoms with Crippen LogP contribution in [0.15, 0.2) is 24.3 Å². The van der Waals surface area contributed by atoms with E-state index in [1.54, 1.807) is 58.9 Å². The molecule has 3 rings (SSSR count). The number of hydrogen-bond donors (Lipinski definition) is 4. The van der Waals surface area contributed by atoms with Crippen molar-refractivity contribution in [3.05, 3.63) is 29.8 Å². The number of alkyl carbamates (subject to hydrolysis) is 1. The number of cyclic esters (lactones) is 1. The van der Waals surface area contributed by atoms with Crippen molar-refractivity contribution in [1.29, 1.82) is 0 Å². The average molecular weight is 753 g/mol. The number of esters is 1. The normalized spacial score (nSPS) is 37.8. The molecule has 4 N–H and O–H groups in total. The van der Waals surface area contributed by atoms with Crippen LogP contribution in [0.5, 0.6) is 5.75 Å². The van der Waals surface area contributed by atoms with Gasteiger partial charge in [0.25, 0.3) is 0 Å². The molecule has 2 fully saturated rings. The molecule has 0 unspecified atom stereocenters. The Kier molecular flexibility index (Phi) is 16.1. The van der Waals surface area contributed by atoms with E-state index in [1.165, 1.54) is 21.1 Å². The van der Waals surface area contributed by atoms with Crippen molar-refractivity contribution in [3.8, 4) is 5.75 Å². The molecule has 0 aromatic heterocycles. The van der Waals surface area contributed by atoms with Crippen molar-refractivity contribution in [2.75, 3.05) is 34.9 Å². The van der Waals surface area contributed by atoms with Gasteiger partial charge in [-0.15, -0.1) is 0 Å². The van der Waals surface area contributed by atoms with Crippen LogP contribution in [-0.2, 0) is 44.4 Å². The Bertz CT molecular complexity index is 1340. The molecule has 2 saturated heterocycles. The first kappa shape index (κ1) is 44.5. The molecule has 2 heterocycles. The number of aromatic hydroxyl groups is 1. The maximum atomic E-state index is 14.0. The van der Waals surface area contributed by atoms with Gasteiger partial charge in [-0.3, -0.25) is 9.59 Å². The lowest BCUT2D eigenvalue weighted by molar-refractivity contribution is -0.301. The van der Waals surface area contributed by atoms with Crippen molar-refractivity contribution in [1.82, 2.24) is 10.2 Å². The molecule has 302 valence electrons. The van der Waals surface area contributed by atoms with Crippen LogP contribution in [0, 0.1) is 17.8 Å². The summed E-state index contributed by atoms with van der Waals surface area (Å²) in [6.07, 6.45) is -6.33. The molecule has 13 atom stereocenters. The summed E-state index contributed by atoms with van der Waals surface area (Å²) in [5.41, 5.74) is -2.12. The number of aliphatic hydroxyl groups excluding tert-OH is 1. The zero-order valence-electron chi connectivity index (χ0n) is 33.4. The van der Waals surface area contributed by atoms with Gasteiger partial charge < -0.3 is 54.0 Å². The summed E-state index contributed by atoms with van der Waals surface area (Å²) < 4.78 is 36.8. The van der Waals surface area contributed by atoms with E-state index in [2.05, 4.69) is 5.32 Å². The minimum Gasteiger partial charge on any atom is -0.508 e. The number of nitrogens with one attached hydrogen (secondary N) is 1. The van der Waals surface area contributed by atoms with E-state index in [-0.39, 0.29) is 49.5 Å². The molecule has 0 radical (unpaired) electrons. The summed E-state index contributed by atoms with van der Waals surface area (Å²) in [7, 11) is 6.62.